The van der Waals surface area contributed by atoms with Gasteiger partial charge >= 0.3 is 0 Å². The highest BCUT2D eigenvalue weighted by Crippen LogP contribution is 2.51. The Morgan fingerprint density at radius 1 is 1.16 bits per heavy atom. The van der Waals surface area contributed by atoms with E-state index < -0.39 is 5.60 Å². The molecule has 7 nitrogen and oxygen atoms in total. The number of aliphatic hydroxyl groups is 1. The van der Waals surface area contributed by atoms with Gasteiger partial charge in [-0.25, -0.2) is 0 Å². The second-order valence-electron chi connectivity index (χ2n) is 11.0. The van der Waals surface area contributed by atoms with Crippen LogP contribution in [0.1, 0.15) is 80.8 Å². The van der Waals surface area contributed by atoms with Gasteiger partial charge in [0.2, 0.25) is 0 Å². The van der Waals surface area contributed by atoms with Gasteiger partial charge in [0.05, 0.1) is 5.60 Å². The van der Waals surface area contributed by atoms with E-state index in [9.17, 15) is 9.90 Å². The molecule has 0 aromatic heterocycles. The van der Waals surface area contributed by atoms with Crippen LogP contribution in [0.25, 0.3) is 0 Å². The number of piperidine rings is 1. The fourth-order valence-electron chi connectivity index (χ4n) is 5.94. The molecule has 0 aliphatic carbocycles. The normalized spacial score (nSPS) is 23.3. The fraction of sp³-hybridized carbons (Fsp3) is 0.567. The number of nitrogens with zero attached hydrogens (tertiary/aromatic N) is 1. The van der Waals surface area contributed by atoms with Gasteiger partial charge in [-0.05, 0) is 83.3 Å². The lowest BCUT2D eigenvalue weighted by atomic mass is 9.72. The van der Waals surface area contributed by atoms with Crippen LogP contribution in [0.4, 0.5) is 0 Å². The Morgan fingerprint density at radius 2 is 1.89 bits per heavy atom. The molecular formula is C30H42N2O5. The molecule has 7 heteroatoms. The Morgan fingerprint density at radius 3 is 2.54 bits per heavy atom. The summed E-state index contributed by atoms with van der Waals surface area (Å²) in [5.41, 5.74) is 1.74. The Bertz CT molecular complexity index is 1060. The Kier molecular flexibility index (Phi) is 8.46. The van der Waals surface area contributed by atoms with Crippen LogP contribution in [0.2, 0.25) is 0 Å². The first kappa shape index (κ1) is 27.4. The van der Waals surface area contributed by atoms with E-state index in [4.69, 9.17) is 14.2 Å². The number of hydrogen-bond donors (Lipinski definition) is 2. The molecule has 2 aromatic carbocycles. The second kappa shape index (κ2) is 11.4. The van der Waals surface area contributed by atoms with Crippen LogP contribution in [-0.4, -0.2) is 66.7 Å². The zero-order valence-electron chi connectivity index (χ0n) is 22.9. The van der Waals surface area contributed by atoms with E-state index in [0.29, 0.717) is 25.1 Å². The fourth-order valence-corrected chi connectivity index (χ4v) is 5.94. The third-order valence-electron chi connectivity index (χ3n) is 7.60. The monoisotopic (exact) mass is 510 g/mol. The molecule has 1 spiro atoms. The van der Waals surface area contributed by atoms with E-state index in [1.807, 2.05) is 62.9 Å². The summed E-state index contributed by atoms with van der Waals surface area (Å²) in [7, 11) is 1.61. The predicted molar refractivity (Wildman–Crippen MR) is 144 cm³/mol. The number of rotatable bonds is 9. The molecule has 202 valence electrons. The van der Waals surface area contributed by atoms with Gasteiger partial charge in [0.15, 0.2) is 6.79 Å². The average molecular weight is 511 g/mol. The molecule has 3 unspecified atom stereocenters. The van der Waals surface area contributed by atoms with E-state index in [2.05, 4.69) is 17.4 Å². The van der Waals surface area contributed by atoms with Gasteiger partial charge < -0.3 is 29.5 Å². The van der Waals surface area contributed by atoms with Crippen molar-refractivity contribution < 1.29 is 24.1 Å². The van der Waals surface area contributed by atoms with Gasteiger partial charge in [-0.2, -0.15) is 0 Å². The maximum Gasteiger partial charge on any atom is 0.253 e. The molecule has 1 amide bonds. The average Bonchev–Trinajstić information content (AvgIpc) is 2.86. The summed E-state index contributed by atoms with van der Waals surface area (Å²) in [6, 6.07) is 14.1. The molecule has 1 saturated heterocycles. The minimum Gasteiger partial charge on any atom is -0.487 e. The Labute approximate surface area is 221 Å². The summed E-state index contributed by atoms with van der Waals surface area (Å²) in [5, 5.41) is 14.1. The van der Waals surface area contributed by atoms with E-state index in [0.717, 1.165) is 48.4 Å². The van der Waals surface area contributed by atoms with Gasteiger partial charge in [-0.1, -0.05) is 18.2 Å². The minimum atomic E-state index is -0.753. The molecule has 2 N–H and O–H groups in total. The smallest absolute Gasteiger partial charge is 0.253 e. The van der Waals surface area contributed by atoms with Gasteiger partial charge in [-0.15, -0.1) is 0 Å². The molecule has 0 bridgehead atoms. The molecule has 4 rings (SSSR count). The Balaban J connectivity index is 1.70. The zero-order chi connectivity index (χ0) is 26.6. The number of carbonyl (C=O) groups excluding carboxylic acids is 1. The van der Waals surface area contributed by atoms with E-state index in [1.165, 1.54) is 0 Å². The largest absolute Gasteiger partial charge is 0.487 e. The topological polar surface area (TPSA) is 80.3 Å². The van der Waals surface area contributed by atoms with E-state index in [-0.39, 0.29) is 30.3 Å². The van der Waals surface area contributed by atoms with Crippen LogP contribution in [0, 0.1) is 0 Å². The van der Waals surface area contributed by atoms with Crippen molar-refractivity contribution in [2.45, 2.75) is 76.5 Å². The first-order valence-electron chi connectivity index (χ1n) is 13.5. The first-order chi connectivity index (χ1) is 17.7. The highest BCUT2D eigenvalue weighted by atomic mass is 16.7. The summed E-state index contributed by atoms with van der Waals surface area (Å²) in [5.74, 6) is 1.68. The van der Waals surface area contributed by atoms with Crippen LogP contribution in [-0.2, 0) is 4.74 Å². The molecule has 2 aliphatic heterocycles. The highest BCUT2D eigenvalue weighted by Gasteiger charge is 2.46. The molecule has 37 heavy (non-hydrogen) atoms. The molecular weight excluding hydrogens is 468 g/mol. The van der Waals surface area contributed by atoms with Crippen molar-refractivity contribution in [1.82, 2.24) is 10.2 Å². The molecule has 2 aliphatic rings. The van der Waals surface area contributed by atoms with Crippen molar-refractivity contribution in [2.75, 3.05) is 33.5 Å². The second-order valence-corrected chi connectivity index (χ2v) is 11.0. The summed E-state index contributed by atoms with van der Waals surface area (Å²) in [6.07, 6.45) is 3.15. The standard InChI is InChI=1S/C30H42N2O5/c1-6-32(7-2)28(33)22-13-11-21(12-14-22)24-19-30(15-16-31-23(18-30)17-29(3,4)34)37-26-10-8-9-25(27(24)26)36-20-35-5/h8-14,23-24,31,34H,6-7,15-20H2,1-5H3. The number of benzene rings is 2. The third-order valence-corrected chi connectivity index (χ3v) is 7.60. The number of hydrogen-bond acceptors (Lipinski definition) is 6. The molecule has 2 heterocycles. The van der Waals surface area contributed by atoms with Crippen molar-refractivity contribution in [3.05, 3.63) is 59.2 Å². The number of ether oxygens (including phenoxy) is 3. The summed E-state index contributed by atoms with van der Waals surface area (Å²) >= 11 is 0. The molecule has 3 atom stereocenters. The molecule has 0 saturated carbocycles. The molecule has 0 radical (unpaired) electrons. The predicted octanol–water partition coefficient (Wildman–Crippen LogP) is 4.72. The van der Waals surface area contributed by atoms with Gasteiger partial charge in [0, 0.05) is 49.7 Å². The van der Waals surface area contributed by atoms with Crippen molar-refractivity contribution in [3.8, 4) is 11.5 Å². The van der Waals surface area contributed by atoms with Gasteiger partial charge in [-0.3, -0.25) is 4.79 Å². The van der Waals surface area contributed by atoms with Crippen molar-refractivity contribution in [2.24, 2.45) is 0 Å². The first-order valence-corrected chi connectivity index (χ1v) is 13.5. The lowest BCUT2D eigenvalue weighted by molar-refractivity contribution is -0.0206. The SMILES string of the molecule is CCN(CC)C(=O)c1ccc(C2CC3(CCNC(CC(C)(C)O)C3)Oc3cccc(OCOC)c32)cc1. The molecule has 1 fully saturated rings. The Hall–Kier alpha value is -2.61. The van der Waals surface area contributed by atoms with Crippen LogP contribution in [0.5, 0.6) is 11.5 Å². The number of fused-ring (bicyclic) bond motifs is 1. The number of carbonyl (C=O) groups is 1. The van der Waals surface area contributed by atoms with Gasteiger partial charge in [0.1, 0.15) is 17.1 Å². The number of nitrogens with one attached hydrogen (secondary N) is 1. The summed E-state index contributed by atoms with van der Waals surface area (Å²) in [4.78, 5) is 14.7. The zero-order valence-corrected chi connectivity index (χ0v) is 22.9. The van der Waals surface area contributed by atoms with Gasteiger partial charge in [0.25, 0.3) is 5.91 Å². The van der Waals surface area contributed by atoms with Crippen molar-refractivity contribution >= 4 is 5.91 Å². The number of methoxy groups -OCH3 is 1. The maximum atomic E-state index is 12.9. The van der Waals surface area contributed by atoms with Crippen molar-refractivity contribution in [1.29, 1.82) is 0 Å². The lowest BCUT2D eigenvalue weighted by Crippen LogP contribution is -2.54. The lowest BCUT2D eigenvalue weighted by Gasteiger charge is -2.48. The van der Waals surface area contributed by atoms with E-state index >= 15 is 0 Å². The number of amides is 1. The van der Waals surface area contributed by atoms with Crippen LogP contribution < -0.4 is 14.8 Å². The molecule has 2 aromatic rings. The maximum absolute atomic E-state index is 12.9. The summed E-state index contributed by atoms with van der Waals surface area (Å²) in [6.45, 7) is 10.1. The minimum absolute atomic E-state index is 0.0373. The van der Waals surface area contributed by atoms with Crippen molar-refractivity contribution in [3.63, 3.8) is 0 Å². The quantitative estimate of drug-likeness (QED) is 0.476. The van der Waals surface area contributed by atoms with Crippen LogP contribution in [0.15, 0.2) is 42.5 Å². The summed E-state index contributed by atoms with van der Waals surface area (Å²) < 4.78 is 18.0. The highest BCUT2D eigenvalue weighted by molar-refractivity contribution is 5.94. The van der Waals surface area contributed by atoms with Crippen LogP contribution in [0.3, 0.4) is 0 Å². The van der Waals surface area contributed by atoms with E-state index in [1.54, 1.807) is 7.11 Å². The van der Waals surface area contributed by atoms with Crippen LogP contribution >= 0.6 is 0 Å². The third kappa shape index (κ3) is 6.28.